The van der Waals surface area contributed by atoms with Crippen LogP contribution in [0.1, 0.15) is 39.0 Å². The monoisotopic (exact) mass is 234 g/mol. The molecular formula is C11H23ClN2O. The average Bonchev–Trinajstić information content (AvgIpc) is 2.26. The van der Waals surface area contributed by atoms with Gasteiger partial charge in [0.25, 0.3) is 0 Å². The molecule has 0 bridgehead atoms. The minimum atomic E-state index is 0. The molecule has 0 unspecified atom stereocenters. The van der Waals surface area contributed by atoms with Crippen LogP contribution in [0.25, 0.3) is 0 Å². The smallest absolute Gasteiger partial charge is 0.223 e. The van der Waals surface area contributed by atoms with Crippen LogP contribution in [-0.4, -0.2) is 19.0 Å². The SMILES string of the molecule is CCCNC(=O)C1CCC(CN)CC1.Cl. The van der Waals surface area contributed by atoms with Crippen LogP contribution in [0, 0.1) is 11.8 Å². The van der Waals surface area contributed by atoms with Crippen molar-refractivity contribution in [2.24, 2.45) is 17.6 Å². The maximum absolute atomic E-state index is 11.6. The number of hydrogen-bond acceptors (Lipinski definition) is 2. The van der Waals surface area contributed by atoms with E-state index < -0.39 is 0 Å². The number of halogens is 1. The van der Waals surface area contributed by atoms with Crippen LogP contribution < -0.4 is 11.1 Å². The first-order valence-corrected chi connectivity index (χ1v) is 5.75. The van der Waals surface area contributed by atoms with Crippen LogP contribution >= 0.6 is 12.4 Å². The summed E-state index contributed by atoms with van der Waals surface area (Å²) in [6.07, 6.45) is 5.32. The fraction of sp³-hybridized carbons (Fsp3) is 0.909. The summed E-state index contributed by atoms with van der Waals surface area (Å²) < 4.78 is 0. The lowest BCUT2D eigenvalue weighted by molar-refractivity contribution is -0.126. The van der Waals surface area contributed by atoms with Crippen molar-refractivity contribution in [1.82, 2.24) is 5.32 Å². The number of amides is 1. The van der Waals surface area contributed by atoms with Crippen molar-refractivity contribution in [3.8, 4) is 0 Å². The van der Waals surface area contributed by atoms with E-state index in [2.05, 4.69) is 12.2 Å². The van der Waals surface area contributed by atoms with Crippen LogP contribution in [0.4, 0.5) is 0 Å². The van der Waals surface area contributed by atoms with E-state index in [1.165, 1.54) is 0 Å². The molecule has 3 nitrogen and oxygen atoms in total. The quantitative estimate of drug-likeness (QED) is 0.778. The molecule has 0 aromatic carbocycles. The number of hydrogen-bond donors (Lipinski definition) is 2. The van der Waals surface area contributed by atoms with Gasteiger partial charge in [0.05, 0.1) is 0 Å². The fourth-order valence-corrected chi connectivity index (χ4v) is 2.05. The lowest BCUT2D eigenvalue weighted by atomic mass is 9.81. The molecule has 0 radical (unpaired) electrons. The van der Waals surface area contributed by atoms with Crippen molar-refractivity contribution >= 4 is 18.3 Å². The molecule has 0 atom stereocenters. The van der Waals surface area contributed by atoms with Gasteiger partial charge in [0, 0.05) is 12.5 Å². The molecule has 0 aliphatic heterocycles. The third-order valence-corrected chi connectivity index (χ3v) is 3.10. The molecule has 1 amide bonds. The van der Waals surface area contributed by atoms with E-state index in [0.29, 0.717) is 5.92 Å². The van der Waals surface area contributed by atoms with Crippen molar-refractivity contribution in [3.63, 3.8) is 0 Å². The molecule has 15 heavy (non-hydrogen) atoms. The molecule has 1 aliphatic rings. The Morgan fingerprint density at radius 1 is 1.33 bits per heavy atom. The highest BCUT2D eigenvalue weighted by Crippen LogP contribution is 2.27. The number of nitrogens with one attached hydrogen (secondary N) is 1. The minimum absolute atomic E-state index is 0. The zero-order valence-electron chi connectivity index (χ0n) is 9.50. The van der Waals surface area contributed by atoms with Gasteiger partial charge in [0.15, 0.2) is 0 Å². The molecule has 1 rings (SSSR count). The van der Waals surface area contributed by atoms with E-state index in [1.807, 2.05) is 0 Å². The minimum Gasteiger partial charge on any atom is -0.356 e. The Bertz CT molecular complexity index is 179. The third-order valence-electron chi connectivity index (χ3n) is 3.10. The van der Waals surface area contributed by atoms with Crippen molar-refractivity contribution in [2.75, 3.05) is 13.1 Å². The van der Waals surface area contributed by atoms with Crippen LogP contribution in [0.5, 0.6) is 0 Å². The van der Waals surface area contributed by atoms with E-state index >= 15 is 0 Å². The number of carbonyl (C=O) groups is 1. The van der Waals surface area contributed by atoms with Gasteiger partial charge in [-0.25, -0.2) is 0 Å². The van der Waals surface area contributed by atoms with E-state index in [1.54, 1.807) is 0 Å². The number of rotatable bonds is 4. The van der Waals surface area contributed by atoms with Crippen LogP contribution in [0.2, 0.25) is 0 Å². The molecule has 4 heteroatoms. The van der Waals surface area contributed by atoms with E-state index in [9.17, 15) is 4.79 Å². The van der Waals surface area contributed by atoms with Gasteiger partial charge in [0.2, 0.25) is 5.91 Å². The molecule has 3 N–H and O–H groups in total. The molecule has 0 spiro atoms. The molecule has 0 heterocycles. The summed E-state index contributed by atoms with van der Waals surface area (Å²) >= 11 is 0. The Kier molecular flexibility index (Phi) is 7.79. The van der Waals surface area contributed by atoms with Gasteiger partial charge in [-0.3, -0.25) is 4.79 Å². The van der Waals surface area contributed by atoms with Gasteiger partial charge >= 0.3 is 0 Å². The van der Waals surface area contributed by atoms with Crippen LogP contribution in [0.15, 0.2) is 0 Å². The van der Waals surface area contributed by atoms with Crippen LogP contribution in [-0.2, 0) is 4.79 Å². The zero-order chi connectivity index (χ0) is 10.4. The highest BCUT2D eigenvalue weighted by molar-refractivity contribution is 5.85. The second kappa shape index (κ2) is 7.94. The average molecular weight is 235 g/mol. The highest BCUT2D eigenvalue weighted by atomic mass is 35.5. The largest absolute Gasteiger partial charge is 0.356 e. The first kappa shape index (κ1) is 14.7. The zero-order valence-corrected chi connectivity index (χ0v) is 10.3. The van der Waals surface area contributed by atoms with Gasteiger partial charge < -0.3 is 11.1 Å². The first-order chi connectivity index (χ1) is 6.77. The van der Waals surface area contributed by atoms with Gasteiger partial charge in [-0.05, 0) is 44.6 Å². The van der Waals surface area contributed by atoms with Gasteiger partial charge in [-0.15, -0.1) is 12.4 Å². The Hall–Kier alpha value is -0.280. The lowest BCUT2D eigenvalue weighted by Gasteiger charge is -2.26. The van der Waals surface area contributed by atoms with Crippen molar-refractivity contribution in [3.05, 3.63) is 0 Å². The van der Waals surface area contributed by atoms with E-state index in [0.717, 1.165) is 45.2 Å². The lowest BCUT2D eigenvalue weighted by Crippen LogP contribution is -2.34. The summed E-state index contributed by atoms with van der Waals surface area (Å²) in [6, 6.07) is 0. The third kappa shape index (κ3) is 4.85. The van der Waals surface area contributed by atoms with E-state index in [4.69, 9.17) is 5.73 Å². The summed E-state index contributed by atoms with van der Waals surface area (Å²) in [5.41, 5.74) is 5.60. The summed E-state index contributed by atoms with van der Waals surface area (Å²) in [5, 5.41) is 2.96. The molecule has 1 fully saturated rings. The van der Waals surface area contributed by atoms with Crippen molar-refractivity contribution in [1.29, 1.82) is 0 Å². The summed E-state index contributed by atoms with van der Waals surface area (Å²) in [6.45, 7) is 3.67. The fourth-order valence-electron chi connectivity index (χ4n) is 2.05. The topological polar surface area (TPSA) is 55.1 Å². The van der Waals surface area contributed by atoms with Crippen LogP contribution in [0.3, 0.4) is 0 Å². The maximum atomic E-state index is 11.6. The second-order valence-corrected chi connectivity index (χ2v) is 4.24. The highest BCUT2D eigenvalue weighted by Gasteiger charge is 2.24. The Labute approximate surface area is 98.6 Å². The predicted octanol–water partition coefficient (Wildman–Crippen LogP) is 1.70. The second-order valence-electron chi connectivity index (χ2n) is 4.24. The maximum Gasteiger partial charge on any atom is 0.223 e. The molecular weight excluding hydrogens is 212 g/mol. The van der Waals surface area contributed by atoms with Gasteiger partial charge in [0.1, 0.15) is 0 Å². The molecule has 0 aromatic heterocycles. The molecule has 1 aliphatic carbocycles. The molecule has 0 saturated heterocycles. The van der Waals surface area contributed by atoms with E-state index in [-0.39, 0.29) is 24.2 Å². The molecule has 90 valence electrons. The number of carbonyl (C=O) groups excluding carboxylic acids is 1. The Morgan fingerprint density at radius 3 is 2.40 bits per heavy atom. The molecule has 1 saturated carbocycles. The Morgan fingerprint density at radius 2 is 1.93 bits per heavy atom. The Balaban J connectivity index is 0.00000196. The van der Waals surface area contributed by atoms with Gasteiger partial charge in [-0.1, -0.05) is 6.92 Å². The normalized spacial score (nSPS) is 25.5. The summed E-state index contributed by atoms with van der Waals surface area (Å²) in [4.78, 5) is 11.6. The summed E-state index contributed by atoms with van der Waals surface area (Å²) in [7, 11) is 0. The standard InChI is InChI=1S/C11H22N2O.ClH/c1-2-7-13-11(14)10-5-3-9(8-12)4-6-10;/h9-10H,2-8,12H2,1H3,(H,13,14);1H. The molecule has 0 aromatic rings. The van der Waals surface area contributed by atoms with Crippen molar-refractivity contribution < 1.29 is 4.79 Å². The summed E-state index contributed by atoms with van der Waals surface area (Å²) in [5.74, 6) is 1.16. The first-order valence-electron chi connectivity index (χ1n) is 5.75. The van der Waals surface area contributed by atoms with Crippen molar-refractivity contribution in [2.45, 2.75) is 39.0 Å². The predicted molar refractivity (Wildman–Crippen MR) is 65.1 cm³/mol. The number of nitrogens with two attached hydrogens (primary N) is 1. The van der Waals surface area contributed by atoms with Gasteiger partial charge in [-0.2, -0.15) is 0 Å².